The van der Waals surface area contributed by atoms with Crippen molar-refractivity contribution in [3.05, 3.63) is 29.6 Å². The van der Waals surface area contributed by atoms with Crippen LogP contribution >= 0.6 is 24.8 Å². The van der Waals surface area contributed by atoms with Gasteiger partial charge in [-0.3, -0.25) is 4.79 Å². The van der Waals surface area contributed by atoms with Gasteiger partial charge < -0.3 is 20.4 Å². The van der Waals surface area contributed by atoms with Crippen LogP contribution in [0, 0.1) is 5.82 Å². The van der Waals surface area contributed by atoms with Gasteiger partial charge in [0.1, 0.15) is 5.82 Å². The summed E-state index contributed by atoms with van der Waals surface area (Å²) in [7, 11) is 1.82. The third kappa shape index (κ3) is 6.09. The van der Waals surface area contributed by atoms with Crippen LogP contribution in [0.5, 0.6) is 0 Å². The average molecular weight is 381 g/mol. The molecule has 0 spiro atoms. The summed E-state index contributed by atoms with van der Waals surface area (Å²) in [6.45, 7) is 7.91. The molecule has 0 aromatic heterocycles. The fraction of sp³-hybridized carbons (Fsp3) is 0.562. The molecule has 0 atom stereocenters. The Bertz CT molecular complexity index is 511. The number of piperazine rings is 1. The predicted octanol–water partition coefficient (Wildman–Crippen LogP) is 1.76. The highest BCUT2D eigenvalue weighted by Crippen LogP contribution is 2.22. The first-order valence-corrected chi connectivity index (χ1v) is 7.85. The number of carbonyl (C=O) groups is 1. The first kappa shape index (κ1) is 22.9. The Morgan fingerprint density at radius 2 is 1.83 bits per heavy atom. The smallest absolute Gasteiger partial charge is 0.251 e. The van der Waals surface area contributed by atoms with E-state index in [1.54, 1.807) is 12.1 Å². The lowest BCUT2D eigenvalue weighted by molar-refractivity contribution is 0.0953. The van der Waals surface area contributed by atoms with Gasteiger partial charge in [-0.25, -0.2) is 4.39 Å². The molecule has 0 aliphatic carbocycles. The largest absolute Gasteiger partial charge is 0.367 e. The number of anilines is 1. The summed E-state index contributed by atoms with van der Waals surface area (Å²) in [5.74, 6) is -0.567. The molecule has 0 saturated carbocycles. The van der Waals surface area contributed by atoms with E-state index in [9.17, 15) is 9.18 Å². The van der Waals surface area contributed by atoms with Gasteiger partial charge in [0.2, 0.25) is 0 Å². The Morgan fingerprint density at radius 1 is 1.17 bits per heavy atom. The normalized spacial score (nSPS) is 14.5. The third-order valence-electron chi connectivity index (χ3n) is 4.03. The molecule has 1 heterocycles. The van der Waals surface area contributed by atoms with Crippen LogP contribution in [0.4, 0.5) is 10.1 Å². The zero-order chi connectivity index (χ0) is 15.9. The van der Waals surface area contributed by atoms with Gasteiger partial charge in [0, 0.05) is 44.8 Å². The Kier molecular flexibility index (Phi) is 11.0. The van der Waals surface area contributed by atoms with Gasteiger partial charge in [-0.1, -0.05) is 6.92 Å². The van der Waals surface area contributed by atoms with Crippen molar-refractivity contribution in [2.24, 2.45) is 0 Å². The highest BCUT2D eigenvalue weighted by atomic mass is 35.5. The molecular weight excluding hydrogens is 354 g/mol. The first-order valence-electron chi connectivity index (χ1n) is 7.85. The molecule has 1 aliphatic heterocycles. The predicted molar refractivity (Wildman–Crippen MR) is 101 cm³/mol. The summed E-state index contributed by atoms with van der Waals surface area (Å²) in [5, 5.41) is 5.70. The molecule has 5 nitrogen and oxygen atoms in total. The SMILES string of the molecule is CCN1CCN(c2ccc(C(=O)NCCNC)cc2F)CC1.Cl.Cl. The van der Waals surface area contributed by atoms with Gasteiger partial charge >= 0.3 is 0 Å². The Morgan fingerprint density at radius 3 is 2.38 bits per heavy atom. The maximum Gasteiger partial charge on any atom is 0.251 e. The van der Waals surface area contributed by atoms with Crippen LogP contribution in [0.2, 0.25) is 0 Å². The zero-order valence-electron chi connectivity index (χ0n) is 14.2. The molecule has 1 fully saturated rings. The van der Waals surface area contributed by atoms with E-state index in [-0.39, 0.29) is 36.5 Å². The highest BCUT2D eigenvalue weighted by molar-refractivity contribution is 5.94. The fourth-order valence-electron chi connectivity index (χ4n) is 2.61. The van der Waals surface area contributed by atoms with E-state index in [0.29, 0.717) is 24.3 Å². The third-order valence-corrected chi connectivity index (χ3v) is 4.03. The van der Waals surface area contributed by atoms with Crippen molar-refractivity contribution in [2.75, 3.05) is 57.8 Å². The number of hydrogen-bond acceptors (Lipinski definition) is 4. The monoisotopic (exact) mass is 380 g/mol. The van der Waals surface area contributed by atoms with Crippen LogP contribution in [0.25, 0.3) is 0 Å². The number of amides is 1. The highest BCUT2D eigenvalue weighted by Gasteiger charge is 2.19. The van der Waals surface area contributed by atoms with E-state index in [0.717, 1.165) is 32.7 Å². The van der Waals surface area contributed by atoms with Gasteiger partial charge in [0.25, 0.3) is 5.91 Å². The standard InChI is InChI=1S/C16H25FN4O.2ClH/c1-3-20-8-10-21(11-9-20)15-5-4-13(12-14(15)17)16(22)19-7-6-18-2;;/h4-5,12,18H,3,6-11H2,1-2H3,(H,19,22);2*1H. The molecule has 2 rings (SSSR count). The molecule has 0 radical (unpaired) electrons. The van der Waals surface area contributed by atoms with Gasteiger partial charge in [0.15, 0.2) is 0 Å². The van der Waals surface area contributed by atoms with E-state index < -0.39 is 0 Å². The summed E-state index contributed by atoms with van der Waals surface area (Å²) in [5.41, 5.74) is 0.951. The summed E-state index contributed by atoms with van der Waals surface area (Å²) >= 11 is 0. The number of benzene rings is 1. The maximum absolute atomic E-state index is 14.3. The van der Waals surface area contributed by atoms with Crippen LogP contribution < -0.4 is 15.5 Å². The van der Waals surface area contributed by atoms with Crippen molar-refractivity contribution in [3.8, 4) is 0 Å². The molecule has 1 aromatic rings. The van der Waals surface area contributed by atoms with Crippen molar-refractivity contribution < 1.29 is 9.18 Å². The van der Waals surface area contributed by atoms with Gasteiger partial charge in [-0.05, 0) is 31.8 Å². The second kappa shape index (κ2) is 11.5. The minimum Gasteiger partial charge on any atom is -0.367 e. The van der Waals surface area contributed by atoms with Gasteiger partial charge in [-0.2, -0.15) is 0 Å². The summed E-state index contributed by atoms with van der Waals surface area (Å²) in [6, 6.07) is 4.74. The Hall–Kier alpha value is -1.08. The molecule has 2 N–H and O–H groups in total. The van der Waals surface area contributed by atoms with Crippen LogP contribution in [0.3, 0.4) is 0 Å². The number of halogens is 3. The maximum atomic E-state index is 14.3. The van der Waals surface area contributed by atoms with E-state index in [2.05, 4.69) is 22.5 Å². The van der Waals surface area contributed by atoms with Crippen molar-refractivity contribution in [1.29, 1.82) is 0 Å². The minimum atomic E-state index is -0.328. The summed E-state index contributed by atoms with van der Waals surface area (Å²) < 4.78 is 14.3. The van der Waals surface area contributed by atoms with Crippen molar-refractivity contribution in [2.45, 2.75) is 6.92 Å². The van der Waals surface area contributed by atoms with E-state index >= 15 is 0 Å². The Labute approximate surface area is 155 Å². The minimum absolute atomic E-state index is 0. The first-order chi connectivity index (χ1) is 10.7. The molecule has 138 valence electrons. The number of likely N-dealkylation sites (N-methyl/N-ethyl adjacent to an activating group) is 2. The van der Waals surface area contributed by atoms with Crippen molar-refractivity contribution >= 4 is 36.4 Å². The molecular formula is C16H27Cl2FN4O. The van der Waals surface area contributed by atoms with E-state index in [4.69, 9.17) is 0 Å². The summed E-state index contributed by atoms with van der Waals surface area (Å²) in [6.07, 6.45) is 0. The number of nitrogens with zero attached hydrogens (tertiary/aromatic N) is 2. The molecule has 1 aliphatic rings. The lowest BCUT2D eigenvalue weighted by Gasteiger charge is -2.35. The molecule has 1 saturated heterocycles. The van der Waals surface area contributed by atoms with Crippen molar-refractivity contribution in [1.82, 2.24) is 15.5 Å². The zero-order valence-corrected chi connectivity index (χ0v) is 15.8. The second-order valence-corrected chi connectivity index (χ2v) is 5.45. The molecule has 1 aromatic carbocycles. The fourth-order valence-corrected chi connectivity index (χ4v) is 2.61. The number of rotatable bonds is 6. The summed E-state index contributed by atoms with van der Waals surface area (Å²) in [4.78, 5) is 16.3. The van der Waals surface area contributed by atoms with Crippen LogP contribution in [0.15, 0.2) is 18.2 Å². The van der Waals surface area contributed by atoms with Crippen LogP contribution in [-0.4, -0.2) is 63.7 Å². The quantitative estimate of drug-likeness (QED) is 0.738. The molecule has 0 bridgehead atoms. The van der Waals surface area contributed by atoms with Crippen LogP contribution in [0.1, 0.15) is 17.3 Å². The molecule has 8 heteroatoms. The van der Waals surface area contributed by atoms with E-state index in [1.165, 1.54) is 6.07 Å². The number of hydrogen-bond donors (Lipinski definition) is 2. The number of nitrogens with one attached hydrogen (secondary N) is 2. The molecule has 0 unspecified atom stereocenters. The van der Waals surface area contributed by atoms with Crippen LogP contribution in [-0.2, 0) is 0 Å². The number of carbonyl (C=O) groups excluding carboxylic acids is 1. The Balaban J connectivity index is 0.00000264. The molecule has 24 heavy (non-hydrogen) atoms. The lowest BCUT2D eigenvalue weighted by Crippen LogP contribution is -2.46. The van der Waals surface area contributed by atoms with Crippen molar-refractivity contribution in [3.63, 3.8) is 0 Å². The van der Waals surface area contributed by atoms with E-state index in [1.807, 2.05) is 11.9 Å². The van der Waals surface area contributed by atoms with Gasteiger partial charge in [-0.15, -0.1) is 24.8 Å². The molecule has 1 amide bonds. The topological polar surface area (TPSA) is 47.6 Å². The van der Waals surface area contributed by atoms with Gasteiger partial charge in [0.05, 0.1) is 5.69 Å². The lowest BCUT2D eigenvalue weighted by atomic mass is 10.1. The average Bonchev–Trinajstić information content (AvgIpc) is 2.55. The second-order valence-electron chi connectivity index (χ2n) is 5.45.